The third kappa shape index (κ3) is 4.60. The Hall–Kier alpha value is -0.900. The third-order valence-corrected chi connectivity index (χ3v) is 3.62. The van der Waals surface area contributed by atoms with E-state index in [-0.39, 0.29) is 0 Å². The van der Waals surface area contributed by atoms with Crippen LogP contribution in [0.1, 0.15) is 71.5 Å². The highest BCUT2D eigenvalue weighted by atomic mass is 15.4. The van der Waals surface area contributed by atoms with Crippen LogP contribution >= 0.6 is 0 Å². The number of rotatable bonds is 10. The highest BCUT2D eigenvalue weighted by Crippen LogP contribution is 2.29. The summed E-state index contributed by atoms with van der Waals surface area (Å²) in [5.41, 5.74) is 1.26. The van der Waals surface area contributed by atoms with E-state index in [1.807, 2.05) is 6.20 Å². The van der Waals surface area contributed by atoms with Gasteiger partial charge in [0.05, 0.1) is 17.9 Å². The van der Waals surface area contributed by atoms with E-state index in [1.54, 1.807) is 0 Å². The van der Waals surface area contributed by atoms with Gasteiger partial charge < -0.3 is 5.32 Å². The van der Waals surface area contributed by atoms with Crippen molar-refractivity contribution in [3.63, 3.8) is 0 Å². The normalized spacial score (nSPS) is 13.1. The molecule has 1 heterocycles. The maximum absolute atomic E-state index is 4.24. The highest BCUT2D eigenvalue weighted by molar-refractivity contribution is 5.04. The number of nitrogens with zero attached hydrogens (tertiary/aromatic N) is 3. The number of hydrogen-bond acceptors (Lipinski definition) is 3. The van der Waals surface area contributed by atoms with Crippen molar-refractivity contribution in [1.82, 2.24) is 20.3 Å². The molecular weight excluding hydrogens is 236 g/mol. The van der Waals surface area contributed by atoms with Gasteiger partial charge in [-0.1, -0.05) is 45.7 Å². The molecule has 110 valence electrons. The largest absolute Gasteiger partial charge is 0.309 e. The molecule has 1 N–H and O–H groups in total. The lowest BCUT2D eigenvalue weighted by atomic mass is 9.88. The Morgan fingerprint density at radius 2 is 1.79 bits per heavy atom. The Balaban J connectivity index is 2.92. The van der Waals surface area contributed by atoms with Crippen molar-refractivity contribution in [2.75, 3.05) is 6.54 Å². The molecule has 0 aromatic carbocycles. The van der Waals surface area contributed by atoms with Gasteiger partial charge in [0.2, 0.25) is 0 Å². The van der Waals surface area contributed by atoms with Crippen molar-refractivity contribution in [3.8, 4) is 0 Å². The Morgan fingerprint density at radius 3 is 2.32 bits per heavy atom. The zero-order valence-electron chi connectivity index (χ0n) is 13.0. The van der Waals surface area contributed by atoms with E-state index < -0.39 is 0 Å². The molecule has 0 aliphatic rings. The van der Waals surface area contributed by atoms with Gasteiger partial charge in [-0.15, -0.1) is 5.10 Å². The van der Waals surface area contributed by atoms with Crippen LogP contribution in [0.15, 0.2) is 6.20 Å². The predicted molar refractivity (Wildman–Crippen MR) is 80.0 cm³/mol. The van der Waals surface area contributed by atoms with Crippen molar-refractivity contribution in [2.24, 2.45) is 5.92 Å². The maximum atomic E-state index is 4.24. The van der Waals surface area contributed by atoms with E-state index in [0.717, 1.165) is 19.5 Å². The van der Waals surface area contributed by atoms with Crippen LogP contribution in [-0.2, 0) is 6.54 Å². The Labute approximate surface area is 118 Å². The molecule has 1 aromatic heterocycles. The van der Waals surface area contributed by atoms with Gasteiger partial charge in [0.15, 0.2) is 0 Å². The summed E-state index contributed by atoms with van der Waals surface area (Å²) in [6.45, 7) is 10.9. The van der Waals surface area contributed by atoms with Gasteiger partial charge in [-0.25, -0.2) is 4.68 Å². The molecule has 1 unspecified atom stereocenters. The van der Waals surface area contributed by atoms with E-state index in [9.17, 15) is 0 Å². The van der Waals surface area contributed by atoms with Gasteiger partial charge in [-0.3, -0.25) is 0 Å². The molecule has 4 nitrogen and oxygen atoms in total. The molecule has 0 bridgehead atoms. The lowest BCUT2D eigenvalue weighted by molar-refractivity contribution is 0.303. The number of aryl methyl sites for hydroxylation is 1. The molecule has 1 rings (SSSR count). The summed E-state index contributed by atoms with van der Waals surface area (Å²) >= 11 is 0. The number of hydrogen-bond donors (Lipinski definition) is 1. The van der Waals surface area contributed by atoms with E-state index in [1.165, 1.54) is 31.4 Å². The predicted octanol–water partition coefficient (Wildman–Crippen LogP) is 3.56. The zero-order valence-corrected chi connectivity index (χ0v) is 13.0. The van der Waals surface area contributed by atoms with Crippen LogP contribution in [0.5, 0.6) is 0 Å². The molecular formula is C15H30N4. The van der Waals surface area contributed by atoms with Crippen LogP contribution in [0.3, 0.4) is 0 Å². The zero-order chi connectivity index (χ0) is 14.1. The second-order valence-corrected chi connectivity index (χ2v) is 5.25. The lowest BCUT2D eigenvalue weighted by Crippen LogP contribution is -2.30. The van der Waals surface area contributed by atoms with Gasteiger partial charge >= 0.3 is 0 Å². The fraction of sp³-hybridized carbons (Fsp3) is 0.867. The molecule has 0 saturated carbocycles. The first-order valence-electron chi connectivity index (χ1n) is 7.90. The summed E-state index contributed by atoms with van der Waals surface area (Å²) < 4.78 is 2.08. The van der Waals surface area contributed by atoms with Crippen LogP contribution in [0.4, 0.5) is 0 Å². The molecule has 0 saturated heterocycles. The summed E-state index contributed by atoms with van der Waals surface area (Å²) in [5.74, 6) is 0.684. The molecule has 0 radical (unpaired) electrons. The van der Waals surface area contributed by atoms with Crippen molar-refractivity contribution >= 4 is 0 Å². The van der Waals surface area contributed by atoms with E-state index in [2.05, 4.69) is 48.0 Å². The summed E-state index contributed by atoms with van der Waals surface area (Å²) in [5, 5.41) is 12.0. The molecule has 4 heteroatoms. The monoisotopic (exact) mass is 266 g/mol. The first-order chi connectivity index (χ1) is 9.28. The summed E-state index contributed by atoms with van der Waals surface area (Å²) in [6, 6.07) is 0.395. The smallest absolute Gasteiger partial charge is 0.0759 e. The van der Waals surface area contributed by atoms with Gasteiger partial charge in [0.25, 0.3) is 0 Å². The Morgan fingerprint density at radius 1 is 1.11 bits per heavy atom. The van der Waals surface area contributed by atoms with Crippen molar-refractivity contribution < 1.29 is 0 Å². The van der Waals surface area contributed by atoms with Crippen LogP contribution in [-0.4, -0.2) is 21.5 Å². The fourth-order valence-electron chi connectivity index (χ4n) is 2.84. The van der Waals surface area contributed by atoms with Crippen LogP contribution < -0.4 is 5.32 Å². The number of nitrogens with one attached hydrogen (secondary N) is 1. The first kappa shape index (κ1) is 16.2. The molecule has 0 fully saturated rings. The van der Waals surface area contributed by atoms with Crippen LogP contribution in [0.25, 0.3) is 0 Å². The van der Waals surface area contributed by atoms with E-state index in [4.69, 9.17) is 0 Å². The molecule has 1 atom stereocenters. The Bertz CT molecular complexity index is 329. The molecule has 0 aliphatic carbocycles. The van der Waals surface area contributed by atoms with Crippen molar-refractivity contribution in [2.45, 2.75) is 72.4 Å². The second kappa shape index (κ2) is 9.08. The average molecular weight is 266 g/mol. The van der Waals surface area contributed by atoms with Crippen molar-refractivity contribution in [1.29, 1.82) is 0 Å². The topological polar surface area (TPSA) is 42.7 Å². The van der Waals surface area contributed by atoms with Crippen LogP contribution in [0, 0.1) is 5.92 Å². The number of aromatic nitrogens is 3. The van der Waals surface area contributed by atoms with Crippen molar-refractivity contribution in [3.05, 3.63) is 11.9 Å². The summed E-state index contributed by atoms with van der Waals surface area (Å²) in [7, 11) is 0. The molecule has 0 spiro atoms. The van der Waals surface area contributed by atoms with Gasteiger partial charge in [0, 0.05) is 6.54 Å². The quantitative estimate of drug-likeness (QED) is 0.704. The molecule has 19 heavy (non-hydrogen) atoms. The van der Waals surface area contributed by atoms with Crippen LogP contribution in [0.2, 0.25) is 0 Å². The van der Waals surface area contributed by atoms with Gasteiger partial charge in [0.1, 0.15) is 0 Å². The highest BCUT2D eigenvalue weighted by Gasteiger charge is 2.24. The fourth-order valence-corrected chi connectivity index (χ4v) is 2.84. The standard InChI is InChI=1S/C15H30N4/c1-5-9-13(10-6-2)15(16-8-4)14-12-17-18-19(14)11-7-3/h12-13,15-16H,5-11H2,1-4H3. The average Bonchev–Trinajstić information content (AvgIpc) is 2.84. The van der Waals surface area contributed by atoms with E-state index >= 15 is 0 Å². The van der Waals surface area contributed by atoms with Gasteiger partial charge in [-0.2, -0.15) is 0 Å². The molecule has 1 aromatic rings. The SMILES string of the molecule is CCCC(CCC)C(NCC)c1cnnn1CCC. The Kier molecular flexibility index (Phi) is 7.72. The minimum atomic E-state index is 0.395. The molecule has 0 aliphatic heterocycles. The minimum Gasteiger partial charge on any atom is -0.309 e. The van der Waals surface area contributed by atoms with Gasteiger partial charge in [-0.05, 0) is 31.7 Å². The maximum Gasteiger partial charge on any atom is 0.0759 e. The first-order valence-corrected chi connectivity index (χ1v) is 7.90. The summed E-state index contributed by atoms with van der Waals surface area (Å²) in [4.78, 5) is 0. The minimum absolute atomic E-state index is 0.395. The second-order valence-electron chi connectivity index (χ2n) is 5.25. The van der Waals surface area contributed by atoms with E-state index in [0.29, 0.717) is 12.0 Å². The summed E-state index contributed by atoms with van der Waals surface area (Å²) in [6.07, 6.45) is 8.05. The lowest BCUT2D eigenvalue weighted by Gasteiger charge is -2.27. The third-order valence-electron chi connectivity index (χ3n) is 3.62. The molecule has 0 amide bonds.